The topological polar surface area (TPSA) is 48.0 Å². The van der Waals surface area contributed by atoms with Gasteiger partial charge in [-0.1, -0.05) is 15.9 Å². The van der Waals surface area contributed by atoms with Gasteiger partial charge in [-0.15, -0.1) is 0 Å². The van der Waals surface area contributed by atoms with E-state index in [-0.39, 0.29) is 5.91 Å². The molecule has 5 nitrogen and oxygen atoms in total. The number of nitrogens with zero attached hydrogens (tertiary/aromatic N) is 1. The van der Waals surface area contributed by atoms with E-state index in [2.05, 4.69) is 15.9 Å². The Kier molecular flexibility index (Phi) is 8.34. The SMILES string of the molecule is COCCCN(CCOC)C(=O)c1ccc(Br)cc1OC. The highest BCUT2D eigenvalue weighted by Crippen LogP contribution is 2.24. The fourth-order valence-corrected chi connectivity index (χ4v) is 2.27. The van der Waals surface area contributed by atoms with Gasteiger partial charge in [0.05, 0.1) is 19.3 Å². The largest absolute Gasteiger partial charge is 0.496 e. The monoisotopic (exact) mass is 359 g/mol. The number of carbonyl (C=O) groups is 1. The van der Waals surface area contributed by atoms with Crippen LogP contribution in [0.15, 0.2) is 22.7 Å². The van der Waals surface area contributed by atoms with Gasteiger partial charge in [-0.3, -0.25) is 4.79 Å². The third kappa shape index (κ3) is 5.65. The van der Waals surface area contributed by atoms with Gasteiger partial charge in [-0.05, 0) is 24.6 Å². The zero-order valence-corrected chi connectivity index (χ0v) is 14.3. The third-order valence-electron chi connectivity index (χ3n) is 3.02. The van der Waals surface area contributed by atoms with E-state index >= 15 is 0 Å². The first-order valence-electron chi connectivity index (χ1n) is 6.74. The molecule has 0 spiro atoms. The lowest BCUT2D eigenvalue weighted by atomic mass is 10.1. The summed E-state index contributed by atoms with van der Waals surface area (Å²) in [6.45, 7) is 2.28. The first kappa shape index (κ1) is 17.9. The van der Waals surface area contributed by atoms with Crippen molar-refractivity contribution in [2.75, 3.05) is 47.6 Å². The van der Waals surface area contributed by atoms with Crippen molar-refractivity contribution in [3.63, 3.8) is 0 Å². The third-order valence-corrected chi connectivity index (χ3v) is 3.52. The van der Waals surface area contributed by atoms with Gasteiger partial charge < -0.3 is 19.1 Å². The maximum atomic E-state index is 12.7. The number of rotatable bonds is 9. The van der Waals surface area contributed by atoms with Crippen molar-refractivity contribution in [2.45, 2.75) is 6.42 Å². The molecule has 6 heteroatoms. The Hall–Kier alpha value is -1.11. The lowest BCUT2D eigenvalue weighted by molar-refractivity contribution is 0.0671. The average molecular weight is 360 g/mol. The predicted molar refractivity (Wildman–Crippen MR) is 85.0 cm³/mol. The molecule has 0 bridgehead atoms. The molecule has 0 unspecified atom stereocenters. The van der Waals surface area contributed by atoms with Crippen molar-refractivity contribution < 1.29 is 19.0 Å². The number of hydrogen-bond acceptors (Lipinski definition) is 4. The molecule has 21 heavy (non-hydrogen) atoms. The molecule has 0 aliphatic carbocycles. The van der Waals surface area contributed by atoms with E-state index in [4.69, 9.17) is 14.2 Å². The van der Waals surface area contributed by atoms with Crippen LogP contribution < -0.4 is 4.74 Å². The highest BCUT2D eigenvalue weighted by atomic mass is 79.9. The molecule has 1 aromatic carbocycles. The quantitative estimate of drug-likeness (QED) is 0.635. The summed E-state index contributed by atoms with van der Waals surface area (Å²) in [5, 5.41) is 0. The van der Waals surface area contributed by atoms with Gasteiger partial charge >= 0.3 is 0 Å². The van der Waals surface area contributed by atoms with Crippen LogP contribution in [-0.2, 0) is 9.47 Å². The second-order valence-corrected chi connectivity index (χ2v) is 5.39. The zero-order valence-electron chi connectivity index (χ0n) is 12.7. The van der Waals surface area contributed by atoms with Crippen molar-refractivity contribution in [1.82, 2.24) is 4.90 Å². The number of benzene rings is 1. The lowest BCUT2D eigenvalue weighted by Gasteiger charge is -2.23. The molecule has 0 fully saturated rings. The van der Waals surface area contributed by atoms with Crippen LogP contribution in [0, 0.1) is 0 Å². The van der Waals surface area contributed by atoms with E-state index in [9.17, 15) is 4.79 Å². The highest BCUT2D eigenvalue weighted by molar-refractivity contribution is 9.10. The number of ether oxygens (including phenoxy) is 3. The molecule has 0 aliphatic rings. The van der Waals surface area contributed by atoms with Crippen LogP contribution in [0.4, 0.5) is 0 Å². The van der Waals surface area contributed by atoms with E-state index in [1.807, 2.05) is 6.07 Å². The van der Waals surface area contributed by atoms with Crippen molar-refractivity contribution in [1.29, 1.82) is 0 Å². The summed E-state index contributed by atoms with van der Waals surface area (Å²) in [7, 11) is 4.83. The molecule has 0 N–H and O–H groups in total. The summed E-state index contributed by atoms with van der Waals surface area (Å²) in [6, 6.07) is 5.39. The molecular weight excluding hydrogens is 338 g/mol. The first-order valence-corrected chi connectivity index (χ1v) is 7.54. The van der Waals surface area contributed by atoms with Gasteiger partial charge in [0.2, 0.25) is 0 Å². The van der Waals surface area contributed by atoms with Gasteiger partial charge in [0.1, 0.15) is 5.75 Å². The Morgan fingerprint density at radius 1 is 1.14 bits per heavy atom. The Labute approximate surface area is 134 Å². The van der Waals surface area contributed by atoms with Crippen LogP contribution in [0.3, 0.4) is 0 Å². The van der Waals surface area contributed by atoms with Crippen LogP contribution in [0.1, 0.15) is 16.8 Å². The minimum absolute atomic E-state index is 0.0625. The maximum absolute atomic E-state index is 12.7. The molecule has 0 saturated carbocycles. The second-order valence-electron chi connectivity index (χ2n) is 4.48. The average Bonchev–Trinajstić information content (AvgIpc) is 2.50. The fourth-order valence-electron chi connectivity index (χ4n) is 1.93. The number of methoxy groups -OCH3 is 3. The number of carbonyl (C=O) groups excluding carboxylic acids is 1. The fraction of sp³-hybridized carbons (Fsp3) is 0.533. The highest BCUT2D eigenvalue weighted by Gasteiger charge is 2.19. The van der Waals surface area contributed by atoms with Crippen molar-refractivity contribution in [3.8, 4) is 5.75 Å². The summed E-state index contributed by atoms with van der Waals surface area (Å²) in [6.07, 6.45) is 0.783. The molecule has 0 aromatic heterocycles. The number of halogens is 1. The van der Waals surface area contributed by atoms with E-state index < -0.39 is 0 Å². The zero-order chi connectivity index (χ0) is 15.7. The molecule has 118 valence electrons. The molecule has 0 saturated heterocycles. The minimum atomic E-state index is -0.0625. The van der Waals surface area contributed by atoms with E-state index in [0.717, 1.165) is 10.9 Å². The maximum Gasteiger partial charge on any atom is 0.257 e. The standard InChI is InChI=1S/C15H22BrNO4/c1-19-9-4-7-17(8-10-20-2)15(18)13-6-5-12(16)11-14(13)21-3/h5-6,11H,4,7-10H2,1-3H3. The van der Waals surface area contributed by atoms with Crippen molar-refractivity contribution in [3.05, 3.63) is 28.2 Å². The predicted octanol–water partition coefficient (Wildman–Crippen LogP) is 2.58. The lowest BCUT2D eigenvalue weighted by Crippen LogP contribution is -2.35. The molecule has 0 atom stereocenters. The minimum Gasteiger partial charge on any atom is -0.496 e. The Balaban J connectivity index is 2.87. The van der Waals surface area contributed by atoms with Gasteiger partial charge in [0, 0.05) is 38.4 Å². The smallest absolute Gasteiger partial charge is 0.257 e. The number of amides is 1. The molecule has 0 heterocycles. The van der Waals surface area contributed by atoms with Crippen LogP contribution in [-0.4, -0.2) is 58.4 Å². The summed E-state index contributed by atoms with van der Waals surface area (Å²) >= 11 is 3.38. The Morgan fingerprint density at radius 3 is 2.48 bits per heavy atom. The number of hydrogen-bond donors (Lipinski definition) is 0. The molecule has 0 radical (unpaired) electrons. The van der Waals surface area contributed by atoms with Crippen LogP contribution in [0.25, 0.3) is 0 Å². The van der Waals surface area contributed by atoms with Gasteiger partial charge in [0.25, 0.3) is 5.91 Å². The molecule has 0 aliphatic heterocycles. The summed E-state index contributed by atoms with van der Waals surface area (Å²) in [5.74, 6) is 0.496. The molecule has 1 amide bonds. The van der Waals surface area contributed by atoms with Crippen molar-refractivity contribution >= 4 is 21.8 Å². The molecule has 1 rings (SSSR count). The molecule has 1 aromatic rings. The van der Waals surface area contributed by atoms with E-state index in [0.29, 0.717) is 37.6 Å². The van der Waals surface area contributed by atoms with Crippen LogP contribution >= 0.6 is 15.9 Å². The first-order chi connectivity index (χ1) is 10.1. The second kappa shape index (κ2) is 9.76. The normalized spacial score (nSPS) is 10.5. The van der Waals surface area contributed by atoms with Gasteiger partial charge in [-0.25, -0.2) is 0 Å². The summed E-state index contributed by atoms with van der Waals surface area (Å²) < 4.78 is 16.3. The Morgan fingerprint density at radius 2 is 1.86 bits per heavy atom. The van der Waals surface area contributed by atoms with Crippen molar-refractivity contribution in [2.24, 2.45) is 0 Å². The summed E-state index contributed by atoms with van der Waals surface area (Å²) in [5.41, 5.74) is 0.550. The van der Waals surface area contributed by atoms with Crippen LogP contribution in [0.5, 0.6) is 5.75 Å². The molecular formula is C15H22BrNO4. The Bertz CT molecular complexity index is 453. The van der Waals surface area contributed by atoms with Gasteiger partial charge in [-0.2, -0.15) is 0 Å². The summed E-state index contributed by atoms with van der Waals surface area (Å²) in [4.78, 5) is 14.4. The van der Waals surface area contributed by atoms with Crippen LogP contribution in [0.2, 0.25) is 0 Å². The van der Waals surface area contributed by atoms with E-state index in [1.165, 1.54) is 0 Å². The van der Waals surface area contributed by atoms with Gasteiger partial charge in [0.15, 0.2) is 0 Å². The van der Waals surface area contributed by atoms with E-state index in [1.54, 1.807) is 38.4 Å².